The van der Waals surface area contributed by atoms with Crippen LogP contribution in [0.25, 0.3) is 22.5 Å². The van der Waals surface area contributed by atoms with Crippen LogP contribution in [0.2, 0.25) is 0 Å². The predicted octanol–water partition coefficient (Wildman–Crippen LogP) is 5.42. The molecule has 282 valence electrons. The number of carbonyl (C=O) groups is 4. The summed E-state index contributed by atoms with van der Waals surface area (Å²) in [6.07, 6.45) is 3.90. The Hall–Kier alpha value is -6.11. The van der Waals surface area contributed by atoms with Crippen LogP contribution in [-0.4, -0.2) is 78.8 Å². The quantitative estimate of drug-likeness (QED) is 0.128. The van der Waals surface area contributed by atoms with E-state index in [9.17, 15) is 29.4 Å². The molecule has 4 amide bonds. The molecule has 0 unspecified atom stereocenters. The van der Waals surface area contributed by atoms with Crippen LogP contribution in [-0.2, 0) is 30.4 Å². The van der Waals surface area contributed by atoms with Gasteiger partial charge in [-0.25, -0.2) is 4.98 Å². The van der Waals surface area contributed by atoms with Crippen molar-refractivity contribution >= 4 is 35.0 Å². The lowest BCUT2D eigenvalue weighted by atomic mass is 9.94. The second kappa shape index (κ2) is 15.3. The summed E-state index contributed by atoms with van der Waals surface area (Å²) < 4.78 is 0. The van der Waals surface area contributed by atoms with Gasteiger partial charge >= 0.3 is 0 Å². The third-order valence-electron chi connectivity index (χ3n) is 10.6. The number of likely N-dealkylation sites (tertiary alicyclic amines) is 2. The molecule has 12 heteroatoms. The van der Waals surface area contributed by atoms with E-state index in [1.807, 2.05) is 36.4 Å². The summed E-state index contributed by atoms with van der Waals surface area (Å²) in [6, 6.07) is 30.6. The molecule has 12 nitrogen and oxygen atoms in total. The monoisotopic (exact) mass is 740 g/mol. The summed E-state index contributed by atoms with van der Waals surface area (Å²) in [5.41, 5.74) is 1.64. The molecule has 5 N–H and O–H groups in total. The molecule has 0 bridgehead atoms. The van der Waals surface area contributed by atoms with Crippen molar-refractivity contribution in [3.63, 3.8) is 0 Å². The molecule has 2 aliphatic heterocycles. The number of hydrogen-bond acceptors (Lipinski definition) is 7. The van der Waals surface area contributed by atoms with Gasteiger partial charge in [-0.3, -0.25) is 19.2 Å². The number of carbonyl (C=O) groups excluding carboxylic acids is 4. The van der Waals surface area contributed by atoms with Crippen molar-refractivity contribution in [2.75, 3.05) is 23.7 Å². The molecule has 2 saturated heterocycles. The van der Waals surface area contributed by atoms with Gasteiger partial charge in [0.05, 0.1) is 17.7 Å². The highest BCUT2D eigenvalue weighted by Crippen LogP contribution is 2.33. The summed E-state index contributed by atoms with van der Waals surface area (Å²) in [5, 5.41) is 28.1. The van der Waals surface area contributed by atoms with E-state index in [1.165, 1.54) is 23.6 Å². The van der Waals surface area contributed by atoms with Gasteiger partial charge in [0.25, 0.3) is 11.8 Å². The lowest BCUT2D eigenvalue weighted by Gasteiger charge is -2.32. The molecule has 3 heterocycles. The van der Waals surface area contributed by atoms with Crippen LogP contribution in [0, 0.1) is 0 Å². The summed E-state index contributed by atoms with van der Waals surface area (Å²) in [5.74, 6) is -1.64. The Morgan fingerprint density at radius 1 is 0.636 bits per heavy atom. The van der Waals surface area contributed by atoms with Crippen LogP contribution in [0.5, 0.6) is 0 Å². The van der Waals surface area contributed by atoms with Crippen molar-refractivity contribution in [3.8, 4) is 22.5 Å². The van der Waals surface area contributed by atoms with Crippen molar-refractivity contribution < 1.29 is 29.4 Å². The average molecular weight is 741 g/mol. The maximum absolute atomic E-state index is 13.4. The van der Waals surface area contributed by atoms with Crippen LogP contribution in [0.3, 0.4) is 0 Å². The number of nitrogens with one attached hydrogen (secondary N) is 3. The summed E-state index contributed by atoms with van der Waals surface area (Å²) >= 11 is 0. The fourth-order valence-electron chi connectivity index (χ4n) is 7.51. The standard InChI is InChI=1S/C43H44N6O6/c1-42(54,30-11-5-3-6-12-30)40(52)48-25-9-15-34(48)38(50)46-32-21-17-28(18-22-32)36-37(45-27-44-36)29-19-23-33(24-20-29)47-39(51)35-16-10-26-49(35)41(53)43(2,55)31-13-7-4-8-14-31/h3-8,11-14,17-24,27,34-35,54-55H,9-10,15-16,25-26H2,1-2H3,(H,44,45)(H,46,50)(H,47,51)/t34-,35-,42-,43-/m0/s1. The molecule has 7 rings (SSSR count). The highest BCUT2D eigenvalue weighted by molar-refractivity contribution is 6.00. The van der Waals surface area contributed by atoms with Crippen molar-refractivity contribution in [1.29, 1.82) is 0 Å². The Kier molecular flexibility index (Phi) is 10.4. The van der Waals surface area contributed by atoms with E-state index in [2.05, 4.69) is 20.6 Å². The van der Waals surface area contributed by atoms with E-state index in [0.717, 1.165) is 16.8 Å². The Morgan fingerprint density at radius 3 is 1.49 bits per heavy atom. The number of aliphatic hydroxyl groups is 2. The third-order valence-corrected chi connectivity index (χ3v) is 10.6. The van der Waals surface area contributed by atoms with Gasteiger partial charge in [0.15, 0.2) is 11.2 Å². The van der Waals surface area contributed by atoms with E-state index >= 15 is 0 Å². The van der Waals surface area contributed by atoms with Crippen molar-refractivity contribution in [3.05, 3.63) is 127 Å². The highest BCUT2D eigenvalue weighted by Gasteiger charge is 2.44. The van der Waals surface area contributed by atoms with E-state index in [4.69, 9.17) is 0 Å². The predicted molar refractivity (Wildman–Crippen MR) is 208 cm³/mol. The molecule has 0 spiro atoms. The molecule has 2 aliphatic rings. The van der Waals surface area contributed by atoms with Gasteiger partial charge in [-0.05, 0) is 74.9 Å². The maximum atomic E-state index is 13.4. The number of aromatic amines is 1. The number of aromatic nitrogens is 2. The van der Waals surface area contributed by atoms with E-state index in [0.29, 0.717) is 67.0 Å². The number of hydrogen-bond donors (Lipinski definition) is 5. The van der Waals surface area contributed by atoms with Gasteiger partial charge in [0.1, 0.15) is 12.1 Å². The molecule has 0 radical (unpaired) electrons. The Labute approximate surface area is 319 Å². The third kappa shape index (κ3) is 7.51. The van der Waals surface area contributed by atoms with Gasteiger partial charge in [0, 0.05) is 35.6 Å². The molecule has 1 aromatic heterocycles. The van der Waals surface area contributed by atoms with E-state index in [-0.39, 0.29) is 11.8 Å². The number of nitrogens with zero attached hydrogens (tertiary/aromatic N) is 3. The normalized spacial score (nSPS) is 19.0. The first kappa shape index (κ1) is 37.2. The Morgan fingerprint density at radius 2 is 1.05 bits per heavy atom. The summed E-state index contributed by atoms with van der Waals surface area (Å²) in [7, 11) is 0. The highest BCUT2D eigenvalue weighted by atomic mass is 16.3. The lowest BCUT2D eigenvalue weighted by molar-refractivity contribution is -0.153. The van der Waals surface area contributed by atoms with Crippen molar-refractivity contribution in [2.24, 2.45) is 0 Å². The molecule has 0 aliphatic carbocycles. The van der Waals surface area contributed by atoms with Crippen LogP contribution < -0.4 is 10.6 Å². The number of benzene rings is 4. The first-order valence-electron chi connectivity index (χ1n) is 18.5. The van der Waals surface area contributed by atoms with Gasteiger partial charge in [-0.1, -0.05) is 84.9 Å². The fourth-order valence-corrected chi connectivity index (χ4v) is 7.51. The minimum absolute atomic E-state index is 0.317. The van der Waals surface area contributed by atoms with Crippen molar-refractivity contribution in [1.82, 2.24) is 19.8 Å². The van der Waals surface area contributed by atoms with Gasteiger partial charge in [-0.15, -0.1) is 0 Å². The second-order valence-electron chi connectivity index (χ2n) is 14.4. The first-order chi connectivity index (χ1) is 26.4. The minimum Gasteiger partial charge on any atom is -0.376 e. The van der Waals surface area contributed by atoms with Crippen molar-refractivity contribution in [2.45, 2.75) is 62.8 Å². The van der Waals surface area contributed by atoms with Crippen LogP contribution in [0.1, 0.15) is 50.7 Å². The van der Waals surface area contributed by atoms with E-state index < -0.39 is 35.1 Å². The molecule has 0 saturated carbocycles. The number of rotatable bonds is 10. The minimum atomic E-state index is -1.76. The maximum Gasteiger partial charge on any atom is 0.259 e. The molecule has 2 fully saturated rings. The van der Waals surface area contributed by atoms with Gasteiger partial charge in [-0.2, -0.15) is 0 Å². The second-order valence-corrected chi connectivity index (χ2v) is 14.4. The molecular weight excluding hydrogens is 697 g/mol. The fraction of sp³-hybridized carbons (Fsp3) is 0.279. The van der Waals surface area contributed by atoms with Gasteiger partial charge in [0.2, 0.25) is 11.8 Å². The zero-order chi connectivity index (χ0) is 38.7. The molecule has 4 atom stereocenters. The SMILES string of the molecule is C[C@@](O)(C(=O)N1CCC[C@H]1C(=O)Nc1ccc(-c2nc[nH]c2-c2ccc(NC(=O)[C@@H]3CCCN3C(=O)[C@@](C)(O)c3ccccc3)cc2)cc1)c1ccccc1. The molecular formula is C43H44N6O6. The summed E-state index contributed by atoms with van der Waals surface area (Å²) in [6.45, 7) is 3.69. The first-order valence-corrected chi connectivity index (χ1v) is 18.5. The largest absolute Gasteiger partial charge is 0.376 e. The molecule has 5 aromatic rings. The smallest absolute Gasteiger partial charge is 0.259 e. The average Bonchev–Trinajstić information content (AvgIpc) is 4.01. The lowest BCUT2D eigenvalue weighted by Crippen LogP contribution is -2.50. The molecule has 4 aromatic carbocycles. The van der Waals surface area contributed by atoms with Crippen LogP contribution in [0.4, 0.5) is 11.4 Å². The number of anilines is 2. The topological polar surface area (TPSA) is 168 Å². The number of imidazole rings is 1. The zero-order valence-corrected chi connectivity index (χ0v) is 30.7. The van der Waals surface area contributed by atoms with Gasteiger partial charge < -0.3 is 35.6 Å². The number of H-pyrrole nitrogens is 1. The summed E-state index contributed by atoms with van der Waals surface area (Å²) in [4.78, 5) is 64.3. The Bertz CT molecular complexity index is 2010. The number of amides is 4. The zero-order valence-electron chi connectivity index (χ0n) is 30.7. The van der Waals surface area contributed by atoms with Crippen LogP contribution in [0.15, 0.2) is 116 Å². The van der Waals surface area contributed by atoms with Crippen LogP contribution >= 0.6 is 0 Å². The Balaban J connectivity index is 0.980. The molecule has 55 heavy (non-hydrogen) atoms. The van der Waals surface area contributed by atoms with E-state index in [1.54, 1.807) is 79.1 Å².